The zero-order chi connectivity index (χ0) is 21.3. The zero-order valence-corrected chi connectivity index (χ0v) is 17.5. The van der Waals surface area contributed by atoms with Crippen molar-refractivity contribution in [2.24, 2.45) is 14.1 Å². The molecular weight excluding hydrogens is 425 g/mol. The molecule has 0 bridgehead atoms. The highest BCUT2D eigenvalue weighted by molar-refractivity contribution is 6.34. The minimum Gasteiger partial charge on any atom is -0.340 e. The molecule has 0 radical (unpaired) electrons. The Bertz CT molecular complexity index is 1430. The molecule has 0 amide bonds. The molecule has 2 aromatic carbocycles. The smallest absolute Gasteiger partial charge is 0.332 e. The first-order valence-electron chi connectivity index (χ1n) is 9.21. The summed E-state index contributed by atoms with van der Waals surface area (Å²) < 4.78 is 2.40. The standard InChI is InChI=1S/C22H15Cl2N3O3/c1-26-20-17(21(29)27(2)22(26)30)15(13-9-10(23)7-8-14(13)24)16-18(25-20)11-5-3-4-6-12(11)19(16)28/h3-9,15,25H,1-2H3/t15-/m0/s1. The number of halogens is 2. The third-order valence-electron chi connectivity index (χ3n) is 5.74. The molecule has 30 heavy (non-hydrogen) atoms. The van der Waals surface area contributed by atoms with Gasteiger partial charge >= 0.3 is 5.69 Å². The first kappa shape index (κ1) is 18.9. The number of benzene rings is 2. The number of hydrogen-bond donors (Lipinski definition) is 1. The molecule has 2 aliphatic rings. The van der Waals surface area contributed by atoms with E-state index in [0.717, 1.165) is 10.1 Å². The minimum atomic E-state index is -0.771. The van der Waals surface area contributed by atoms with Crippen LogP contribution in [0.25, 0.3) is 5.70 Å². The topological polar surface area (TPSA) is 73.1 Å². The minimum absolute atomic E-state index is 0.185. The normalized spacial score (nSPS) is 16.8. The summed E-state index contributed by atoms with van der Waals surface area (Å²) in [5.41, 5.74) is 2.11. The van der Waals surface area contributed by atoms with E-state index in [1.54, 1.807) is 37.4 Å². The van der Waals surface area contributed by atoms with Crippen molar-refractivity contribution in [3.8, 4) is 0 Å². The number of carbonyl (C=O) groups excluding carboxylic acids is 1. The number of ketones is 1. The molecule has 6 nitrogen and oxygen atoms in total. The fourth-order valence-electron chi connectivity index (χ4n) is 4.30. The van der Waals surface area contributed by atoms with E-state index >= 15 is 0 Å². The van der Waals surface area contributed by atoms with Gasteiger partial charge in [0, 0.05) is 40.8 Å². The maximum Gasteiger partial charge on any atom is 0.332 e. The molecule has 1 atom stereocenters. The van der Waals surface area contributed by atoms with Gasteiger partial charge in [0.2, 0.25) is 0 Å². The van der Waals surface area contributed by atoms with Gasteiger partial charge in [0.1, 0.15) is 5.82 Å². The van der Waals surface area contributed by atoms with E-state index in [1.807, 2.05) is 12.1 Å². The van der Waals surface area contributed by atoms with Gasteiger partial charge < -0.3 is 5.32 Å². The molecule has 0 saturated heterocycles. The van der Waals surface area contributed by atoms with Gasteiger partial charge in [-0.1, -0.05) is 47.5 Å². The Balaban J connectivity index is 1.93. The molecule has 0 saturated carbocycles. The quantitative estimate of drug-likeness (QED) is 0.628. The average molecular weight is 440 g/mol. The molecule has 5 rings (SSSR count). The van der Waals surface area contributed by atoms with Crippen molar-refractivity contribution >= 4 is 40.5 Å². The monoisotopic (exact) mass is 439 g/mol. The highest BCUT2D eigenvalue weighted by Crippen LogP contribution is 2.49. The Morgan fingerprint density at radius 2 is 1.63 bits per heavy atom. The lowest BCUT2D eigenvalue weighted by atomic mass is 9.81. The molecule has 0 spiro atoms. The number of rotatable bonds is 1. The fraction of sp³-hybridized carbons (Fsp3) is 0.136. The highest BCUT2D eigenvalue weighted by atomic mass is 35.5. The van der Waals surface area contributed by atoms with Crippen molar-refractivity contribution in [3.63, 3.8) is 0 Å². The van der Waals surface area contributed by atoms with E-state index < -0.39 is 17.2 Å². The number of Topliss-reactive ketones (excluding diaryl/α,β-unsaturated/α-hetero) is 1. The van der Waals surface area contributed by atoms with Crippen molar-refractivity contribution < 1.29 is 4.79 Å². The molecule has 1 aliphatic carbocycles. The number of allylic oxidation sites excluding steroid dienone is 1. The van der Waals surface area contributed by atoms with Crippen LogP contribution in [0.3, 0.4) is 0 Å². The van der Waals surface area contributed by atoms with E-state index in [9.17, 15) is 14.4 Å². The van der Waals surface area contributed by atoms with Crippen molar-refractivity contribution in [3.05, 3.63) is 101 Å². The van der Waals surface area contributed by atoms with E-state index in [-0.39, 0.29) is 11.3 Å². The Kier molecular flexibility index (Phi) is 4.07. The van der Waals surface area contributed by atoms with Gasteiger partial charge in [-0.15, -0.1) is 0 Å². The Labute approximate surface area is 181 Å². The molecule has 8 heteroatoms. The summed E-state index contributed by atoms with van der Waals surface area (Å²) in [6.45, 7) is 0. The van der Waals surface area contributed by atoms with Crippen molar-refractivity contribution in [2.75, 3.05) is 5.32 Å². The predicted octanol–water partition coefficient (Wildman–Crippen LogP) is 3.56. The summed E-state index contributed by atoms with van der Waals surface area (Å²) in [6, 6.07) is 12.2. The van der Waals surface area contributed by atoms with E-state index in [4.69, 9.17) is 23.2 Å². The third kappa shape index (κ3) is 2.41. The Hall–Kier alpha value is -3.09. The Morgan fingerprint density at radius 3 is 2.37 bits per heavy atom. The number of aromatic nitrogens is 2. The van der Waals surface area contributed by atoms with Crippen LogP contribution < -0.4 is 16.6 Å². The summed E-state index contributed by atoms with van der Waals surface area (Å²) in [6.07, 6.45) is 0. The van der Waals surface area contributed by atoms with Gasteiger partial charge in [-0.25, -0.2) is 4.79 Å². The second-order valence-electron chi connectivity index (χ2n) is 7.36. The summed E-state index contributed by atoms with van der Waals surface area (Å²) in [5, 5.41) is 4.00. The maximum atomic E-state index is 13.4. The van der Waals surface area contributed by atoms with Gasteiger partial charge in [0.15, 0.2) is 5.78 Å². The molecule has 1 aromatic heterocycles. The van der Waals surface area contributed by atoms with Crippen LogP contribution in [-0.4, -0.2) is 14.9 Å². The second-order valence-corrected chi connectivity index (χ2v) is 8.20. The lowest BCUT2D eigenvalue weighted by molar-refractivity contribution is 0.103. The fourth-order valence-corrected chi connectivity index (χ4v) is 4.71. The van der Waals surface area contributed by atoms with Gasteiger partial charge in [-0.2, -0.15) is 0 Å². The lowest BCUT2D eigenvalue weighted by Gasteiger charge is -2.30. The number of anilines is 1. The van der Waals surface area contributed by atoms with Crippen LogP contribution >= 0.6 is 23.2 Å². The molecule has 150 valence electrons. The summed E-state index contributed by atoms with van der Waals surface area (Å²) in [5.74, 6) is -0.615. The van der Waals surface area contributed by atoms with Gasteiger partial charge in [0.25, 0.3) is 5.56 Å². The molecule has 0 unspecified atom stereocenters. The summed E-state index contributed by atoms with van der Waals surface area (Å²) >= 11 is 12.8. The van der Waals surface area contributed by atoms with Crippen LogP contribution in [0, 0.1) is 0 Å². The van der Waals surface area contributed by atoms with E-state index in [1.165, 1.54) is 11.6 Å². The molecular formula is C22H15Cl2N3O3. The van der Waals surface area contributed by atoms with Crippen LogP contribution in [-0.2, 0) is 14.1 Å². The second kappa shape index (κ2) is 6.45. The number of carbonyl (C=O) groups is 1. The van der Waals surface area contributed by atoms with Crippen LogP contribution in [0.5, 0.6) is 0 Å². The number of nitrogens with one attached hydrogen (secondary N) is 1. The first-order valence-corrected chi connectivity index (χ1v) is 9.97. The summed E-state index contributed by atoms with van der Waals surface area (Å²) in [4.78, 5) is 39.2. The van der Waals surface area contributed by atoms with Crippen molar-refractivity contribution in [1.82, 2.24) is 9.13 Å². The number of hydrogen-bond acceptors (Lipinski definition) is 4. The van der Waals surface area contributed by atoms with Crippen LogP contribution in [0.1, 0.15) is 33.0 Å². The first-order chi connectivity index (χ1) is 14.3. The molecule has 2 heterocycles. The van der Waals surface area contributed by atoms with Crippen molar-refractivity contribution in [1.29, 1.82) is 0 Å². The van der Waals surface area contributed by atoms with Gasteiger partial charge in [-0.05, 0) is 23.8 Å². The van der Waals surface area contributed by atoms with Crippen molar-refractivity contribution in [2.45, 2.75) is 5.92 Å². The number of nitrogens with zero attached hydrogens (tertiary/aromatic N) is 2. The van der Waals surface area contributed by atoms with Crippen LogP contribution in [0.15, 0.2) is 57.6 Å². The van der Waals surface area contributed by atoms with Gasteiger partial charge in [-0.3, -0.25) is 18.7 Å². The molecule has 3 aromatic rings. The molecule has 1 aliphatic heterocycles. The average Bonchev–Trinajstić information content (AvgIpc) is 3.03. The predicted molar refractivity (Wildman–Crippen MR) is 117 cm³/mol. The highest BCUT2D eigenvalue weighted by Gasteiger charge is 2.43. The van der Waals surface area contributed by atoms with Crippen LogP contribution in [0.4, 0.5) is 5.82 Å². The largest absolute Gasteiger partial charge is 0.340 e. The Morgan fingerprint density at radius 1 is 0.933 bits per heavy atom. The SMILES string of the molecule is Cn1c2c(c(=O)n(C)c1=O)[C@@H](c1cc(Cl)ccc1Cl)C1=C(N2)c2ccccc2C1=O. The number of fused-ring (bicyclic) bond motifs is 3. The van der Waals surface area contributed by atoms with E-state index in [0.29, 0.717) is 38.3 Å². The van der Waals surface area contributed by atoms with E-state index in [2.05, 4.69) is 5.32 Å². The zero-order valence-electron chi connectivity index (χ0n) is 16.0. The van der Waals surface area contributed by atoms with Gasteiger partial charge in [0.05, 0.1) is 17.2 Å². The lowest BCUT2D eigenvalue weighted by Crippen LogP contribution is -2.42. The summed E-state index contributed by atoms with van der Waals surface area (Å²) in [7, 11) is 3.00. The third-order valence-corrected chi connectivity index (χ3v) is 6.32. The molecule has 0 fully saturated rings. The van der Waals surface area contributed by atoms with Crippen LogP contribution in [0.2, 0.25) is 10.0 Å². The maximum absolute atomic E-state index is 13.4. The molecule has 1 N–H and O–H groups in total.